The lowest BCUT2D eigenvalue weighted by molar-refractivity contribution is 0.0452. The van der Waals surface area contributed by atoms with Crippen molar-refractivity contribution in [1.29, 1.82) is 0 Å². The van der Waals surface area contributed by atoms with E-state index in [1.54, 1.807) is 0 Å². The molecule has 1 aliphatic rings. The molecule has 0 aromatic rings. The van der Waals surface area contributed by atoms with E-state index in [0.29, 0.717) is 0 Å². The maximum atomic E-state index is 5.65. The molecule has 0 aliphatic carbocycles. The number of rotatable bonds is 4. The molecule has 4 heteroatoms. The topological polar surface area (TPSA) is 47.3 Å². The normalized spacial score (nSPS) is 23.7. The summed E-state index contributed by atoms with van der Waals surface area (Å²) in [6, 6.07) is 0.239. The summed E-state index contributed by atoms with van der Waals surface area (Å²) < 4.78 is 5.65. The predicted octanol–water partition coefficient (Wildman–Crippen LogP) is 0.754. The van der Waals surface area contributed by atoms with Gasteiger partial charge in [-0.05, 0) is 13.3 Å². The molecule has 3 nitrogen and oxygen atoms in total. The molecule has 0 aromatic carbocycles. The first-order valence-electron chi connectivity index (χ1n) is 4.93. The molecule has 0 radical (unpaired) electrons. The van der Waals surface area contributed by atoms with Gasteiger partial charge in [-0.2, -0.15) is 11.8 Å². The van der Waals surface area contributed by atoms with E-state index in [1.807, 2.05) is 18.7 Å². The molecular weight excluding hydrogens is 196 g/mol. The maximum Gasteiger partial charge on any atom is 0.0832 e. The molecule has 80 valence electrons. The fourth-order valence-electron chi connectivity index (χ4n) is 1.47. The highest BCUT2D eigenvalue weighted by atomic mass is 32.2. The lowest BCUT2D eigenvalue weighted by atomic mass is 10.1. The summed E-state index contributed by atoms with van der Waals surface area (Å²) >= 11 is 1.93. The highest BCUT2D eigenvalue weighted by molar-refractivity contribution is 7.99. The Balaban J connectivity index is 2.30. The van der Waals surface area contributed by atoms with Gasteiger partial charge in [0.25, 0.3) is 0 Å². The zero-order chi connectivity index (χ0) is 10.2. The molecule has 2 unspecified atom stereocenters. The van der Waals surface area contributed by atoms with Gasteiger partial charge in [-0.15, -0.1) is 11.8 Å². The second kappa shape index (κ2) is 7.13. The standard InChI is InChI=1S/C10H18N2OS/c1-2-3-4-5-9(12-11)10-8-14-7-6-13-10/h9-10,12H,4-8,11H2,1H3. The summed E-state index contributed by atoms with van der Waals surface area (Å²) in [4.78, 5) is 0. The molecule has 0 bridgehead atoms. The summed E-state index contributed by atoms with van der Waals surface area (Å²) in [7, 11) is 0. The van der Waals surface area contributed by atoms with Crippen LogP contribution in [-0.4, -0.2) is 30.3 Å². The molecule has 0 amide bonds. The van der Waals surface area contributed by atoms with Gasteiger partial charge in [-0.3, -0.25) is 11.3 Å². The van der Waals surface area contributed by atoms with E-state index in [2.05, 4.69) is 17.3 Å². The Morgan fingerprint density at radius 1 is 1.71 bits per heavy atom. The molecule has 0 saturated carbocycles. The summed E-state index contributed by atoms with van der Waals surface area (Å²) in [5.74, 6) is 13.6. The van der Waals surface area contributed by atoms with Crippen molar-refractivity contribution in [3.05, 3.63) is 0 Å². The molecule has 0 spiro atoms. The van der Waals surface area contributed by atoms with Crippen molar-refractivity contribution >= 4 is 11.8 Å². The fraction of sp³-hybridized carbons (Fsp3) is 0.800. The first-order valence-corrected chi connectivity index (χ1v) is 6.09. The van der Waals surface area contributed by atoms with Gasteiger partial charge >= 0.3 is 0 Å². The van der Waals surface area contributed by atoms with Crippen molar-refractivity contribution in [2.24, 2.45) is 5.84 Å². The first-order chi connectivity index (χ1) is 6.88. The smallest absolute Gasteiger partial charge is 0.0832 e. The molecule has 1 aliphatic heterocycles. The lowest BCUT2D eigenvalue weighted by Gasteiger charge is -2.29. The summed E-state index contributed by atoms with van der Waals surface area (Å²) in [5.41, 5.74) is 2.82. The van der Waals surface area contributed by atoms with E-state index >= 15 is 0 Å². The Hall–Kier alpha value is -0.210. The quantitative estimate of drug-likeness (QED) is 0.412. The van der Waals surface area contributed by atoms with Gasteiger partial charge in [0.2, 0.25) is 0 Å². The highest BCUT2D eigenvalue weighted by Gasteiger charge is 2.23. The van der Waals surface area contributed by atoms with E-state index in [9.17, 15) is 0 Å². The largest absolute Gasteiger partial charge is 0.375 e. The number of nitrogens with one attached hydrogen (secondary N) is 1. The first kappa shape index (κ1) is 11.9. The zero-order valence-electron chi connectivity index (χ0n) is 8.58. The highest BCUT2D eigenvalue weighted by Crippen LogP contribution is 2.17. The Bertz CT molecular complexity index is 206. The SMILES string of the molecule is CC#CCCC(NN)C1CSCCO1. The summed E-state index contributed by atoms with van der Waals surface area (Å²) in [6.45, 7) is 2.70. The molecule has 14 heavy (non-hydrogen) atoms. The number of hydrazine groups is 1. The second-order valence-corrected chi connectivity index (χ2v) is 4.37. The van der Waals surface area contributed by atoms with Crippen LogP contribution in [0.4, 0.5) is 0 Å². The average Bonchev–Trinajstić information content (AvgIpc) is 2.26. The van der Waals surface area contributed by atoms with Gasteiger partial charge in [-0.1, -0.05) is 0 Å². The monoisotopic (exact) mass is 214 g/mol. The molecule has 1 fully saturated rings. The fourth-order valence-corrected chi connectivity index (χ4v) is 2.41. The zero-order valence-corrected chi connectivity index (χ0v) is 9.40. The summed E-state index contributed by atoms with van der Waals surface area (Å²) in [6.07, 6.45) is 2.09. The van der Waals surface area contributed by atoms with E-state index in [1.165, 1.54) is 0 Å². The van der Waals surface area contributed by atoms with E-state index < -0.39 is 0 Å². The maximum absolute atomic E-state index is 5.65. The van der Waals surface area contributed by atoms with Crippen LogP contribution in [0.25, 0.3) is 0 Å². The van der Waals surface area contributed by atoms with Crippen molar-refractivity contribution in [2.75, 3.05) is 18.1 Å². The van der Waals surface area contributed by atoms with Crippen LogP contribution in [0.1, 0.15) is 19.8 Å². The van der Waals surface area contributed by atoms with Crippen LogP contribution < -0.4 is 11.3 Å². The van der Waals surface area contributed by atoms with Crippen molar-refractivity contribution < 1.29 is 4.74 Å². The van der Waals surface area contributed by atoms with Crippen molar-refractivity contribution in [3.8, 4) is 11.8 Å². The van der Waals surface area contributed by atoms with Crippen LogP contribution in [-0.2, 0) is 4.74 Å². The minimum absolute atomic E-state index is 0.239. The van der Waals surface area contributed by atoms with Crippen LogP contribution in [0.3, 0.4) is 0 Å². The molecule has 1 rings (SSSR count). The van der Waals surface area contributed by atoms with Crippen molar-refractivity contribution in [1.82, 2.24) is 5.43 Å². The Morgan fingerprint density at radius 2 is 2.57 bits per heavy atom. The van der Waals surface area contributed by atoms with Crippen LogP contribution in [0.2, 0.25) is 0 Å². The number of hydrogen-bond acceptors (Lipinski definition) is 4. The number of nitrogens with two attached hydrogens (primary N) is 1. The molecule has 0 aromatic heterocycles. The summed E-state index contributed by atoms with van der Waals surface area (Å²) in [5, 5.41) is 0. The molecule has 1 saturated heterocycles. The molecule has 2 atom stereocenters. The molecular formula is C10H18N2OS. The molecule has 1 heterocycles. The van der Waals surface area contributed by atoms with Crippen LogP contribution >= 0.6 is 11.8 Å². The van der Waals surface area contributed by atoms with Crippen molar-refractivity contribution in [2.45, 2.75) is 31.9 Å². The number of ether oxygens (including phenoxy) is 1. The lowest BCUT2D eigenvalue weighted by Crippen LogP contribution is -2.47. The van der Waals surface area contributed by atoms with Gasteiger partial charge in [0.1, 0.15) is 0 Å². The van der Waals surface area contributed by atoms with Gasteiger partial charge in [-0.25, -0.2) is 0 Å². The number of hydrogen-bond donors (Lipinski definition) is 2. The van der Waals surface area contributed by atoms with Crippen LogP contribution in [0.15, 0.2) is 0 Å². The Morgan fingerprint density at radius 3 is 3.14 bits per heavy atom. The van der Waals surface area contributed by atoms with Gasteiger partial charge in [0.05, 0.1) is 12.7 Å². The second-order valence-electron chi connectivity index (χ2n) is 3.22. The Kier molecular flexibility index (Phi) is 6.04. The average molecular weight is 214 g/mol. The van der Waals surface area contributed by atoms with Crippen molar-refractivity contribution in [3.63, 3.8) is 0 Å². The predicted molar refractivity (Wildman–Crippen MR) is 60.9 cm³/mol. The van der Waals surface area contributed by atoms with E-state index in [0.717, 1.165) is 31.0 Å². The number of thioether (sulfide) groups is 1. The molecule has 3 N–H and O–H groups in total. The third kappa shape index (κ3) is 3.89. The van der Waals surface area contributed by atoms with Crippen LogP contribution in [0, 0.1) is 11.8 Å². The van der Waals surface area contributed by atoms with E-state index in [4.69, 9.17) is 10.6 Å². The van der Waals surface area contributed by atoms with Gasteiger partial charge < -0.3 is 4.74 Å². The minimum Gasteiger partial charge on any atom is -0.375 e. The van der Waals surface area contributed by atoms with E-state index in [-0.39, 0.29) is 12.1 Å². The third-order valence-electron chi connectivity index (χ3n) is 2.26. The Labute approximate surface area is 90.1 Å². The van der Waals surface area contributed by atoms with Crippen LogP contribution in [0.5, 0.6) is 0 Å². The third-order valence-corrected chi connectivity index (χ3v) is 3.28. The van der Waals surface area contributed by atoms with Gasteiger partial charge in [0, 0.05) is 24.0 Å². The minimum atomic E-state index is 0.239. The van der Waals surface area contributed by atoms with Gasteiger partial charge in [0.15, 0.2) is 0 Å².